The Bertz CT molecular complexity index is 738. The zero-order valence-electron chi connectivity index (χ0n) is 14.3. The fourth-order valence-electron chi connectivity index (χ4n) is 2.80. The number of piperazine rings is 1. The number of amides is 1. The number of carbonyl (C=O) groups excluding carboxylic acids is 1. The molecule has 1 amide bonds. The van der Waals surface area contributed by atoms with Crippen LogP contribution in [0.2, 0.25) is 0 Å². The van der Waals surface area contributed by atoms with Crippen molar-refractivity contribution in [2.24, 2.45) is 0 Å². The summed E-state index contributed by atoms with van der Waals surface area (Å²) >= 11 is 1.63. The molecule has 7 heteroatoms. The van der Waals surface area contributed by atoms with Crippen LogP contribution >= 0.6 is 11.3 Å². The summed E-state index contributed by atoms with van der Waals surface area (Å²) in [6.07, 6.45) is 5.18. The lowest BCUT2D eigenvalue weighted by Crippen LogP contribution is -2.48. The third-order valence-corrected chi connectivity index (χ3v) is 4.95. The van der Waals surface area contributed by atoms with E-state index < -0.39 is 0 Å². The molecule has 0 N–H and O–H groups in total. The summed E-state index contributed by atoms with van der Waals surface area (Å²) < 4.78 is 10.7. The van der Waals surface area contributed by atoms with Gasteiger partial charge in [0, 0.05) is 49.4 Å². The number of rotatable bonds is 5. The van der Waals surface area contributed by atoms with E-state index in [2.05, 4.69) is 9.88 Å². The van der Waals surface area contributed by atoms with Gasteiger partial charge in [-0.1, -0.05) is 12.1 Å². The summed E-state index contributed by atoms with van der Waals surface area (Å²) in [6.45, 7) is 2.99. The summed E-state index contributed by atoms with van der Waals surface area (Å²) in [6, 6.07) is 5.60. The average Bonchev–Trinajstić information content (AvgIpc) is 3.20. The molecular formula is C18H21N3O3S. The van der Waals surface area contributed by atoms with Crippen LogP contribution in [0.3, 0.4) is 0 Å². The van der Waals surface area contributed by atoms with Crippen molar-refractivity contribution >= 4 is 28.5 Å². The largest absolute Gasteiger partial charge is 0.493 e. The Hall–Kier alpha value is -2.54. The Kier molecular flexibility index (Phi) is 5.55. The van der Waals surface area contributed by atoms with Crippen LogP contribution in [0.15, 0.2) is 35.9 Å². The van der Waals surface area contributed by atoms with E-state index in [0.717, 1.165) is 23.8 Å². The monoisotopic (exact) mass is 359 g/mol. The lowest BCUT2D eigenvalue weighted by atomic mass is 10.1. The first-order valence-corrected chi connectivity index (χ1v) is 8.93. The van der Waals surface area contributed by atoms with Gasteiger partial charge < -0.3 is 19.3 Å². The van der Waals surface area contributed by atoms with Crippen LogP contribution in [0.25, 0.3) is 6.08 Å². The summed E-state index contributed by atoms with van der Waals surface area (Å²) in [5, 5.41) is 2.99. The third kappa shape index (κ3) is 3.93. The van der Waals surface area contributed by atoms with Crippen molar-refractivity contribution in [3.8, 4) is 11.5 Å². The molecule has 6 nitrogen and oxygen atoms in total. The Labute approximate surface area is 151 Å². The maximum atomic E-state index is 12.5. The van der Waals surface area contributed by atoms with Crippen molar-refractivity contribution in [2.45, 2.75) is 0 Å². The number of hydrogen-bond acceptors (Lipinski definition) is 6. The average molecular weight is 359 g/mol. The van der Waals surface area contributed by atoms with E-state index >= 15 is 0 Å². The van der Waals surface area contributed by atoms with Gasteiger partial charge in [0.15, 0.2) is 16.6 Å². The molecule has 0 unspecified atom stereocenters. The normalized spacial score (nSPS) is 14.8. The highest BCUT2D eigenvalue weighted by Gasteiger charge is 2.21. The molecular weight excluding hydrogens is 338 g/mol. The summed E-state index contributed by atoms with van der Waals surface area (Å²) in [5.74, 6) is 1.28. The standard InChI is InChI=1S/C18H21N3O3S/c1-23-15-5-3-4-14(17(15)24-2)6-7-16(22)20-9-11-21(12-10-20)18-19-8-13-25-18/h3-8,13H,9-12H2,1-2H3. The Morgan fingerprint density at radius 2 is 2.00 bits per heavy atom. The molecule has 1 saturated heterocycles. The zero-order valence-corrected chi connectivity index (χ0v) is 15.2. The van der Waals surface area contributed by atoms with Crippen molar-refractivity contribution in [2.75, 3.05) is 45.3 Å². The van der Waals surface area contributed by atoms with Crippen LogP contribution in [0.1, 0.15) is 5.56 Å². The molecule has 1 fully saturated rings. The van der Waals surface area contributed by atoms with Gasteiger partial charge in [0.2, 0.25) is 5.91 Å². The van der Waals surface area contributed by atoms with Gasteiger partial charge in [0.1, 0.15) is 0 Å². The quantitative estimate of drug-likeness (QED) is 0.768. The van der Waals surface area contributed by atoms with E-state index in [1.807, 2.05) is 34.7 Å². The topological polar surface area (TPSA) is 54.9 Å². The second-order valence-corrected chi connectivity index (χ2v) is 6.42. The molecule has 1 aliphatic rings. The maximum Gasteiger partial charge on any atom is 0.246 e. The number of methoxy groups -OCH3 is 2. The van der Waals surface area contributed by atoms with Gasteiger partial charge in [-0.25, -0.2) is 4.98 Å². The molecule has 0 spiro atoms. The second-order valence-electron chi connectivity index (χ2n) is 5.54. The highest BCUT2D eigenvalue weighted by Crippen LogP contribution is 2.31. The molecule has 2 aromatic rings. The van der Waals surface area contributed by atoms with Gasteiger partial charge in [0.05, 0.1) is 14.2 Å². The van der Waals surface area contributed by atoms with E-state index in [-0.39, 0.29) is 5.91 Å². The van der Waals surface area contributed by atoms with Crippen molar-refractivity contribution in [3.05, 3.63) is 41.4 Å². The zero-order chi connectivity index (χ0) is 17.6. The molecule has 1 aromatic carbocycles. The molecule has 0 atom stereocenters. The highest BCUT2D eigenvalue weighted by molar-refractivity contribution is 7.13. The van der Waals surface area contributed by atoms with Crippen LogP contribution in [-0.2, 0) is 4.79 Å². The van der Waals surface area contributed by atoms with Gasteiger partial charge in [-0.05, 0) is 12.1 Å². The van der Waals surface area contributed by atoms with Gasteiger partial charge in [0.25, 0.3) is 0 Å². The first-order valence-electron chi connectivity index (χ1n) is 8.05. The van der Waals surface area contributed by atoms with Crippen molar-refractivity contribution in [1.82, 2.24) is 9.88 Å². The number of thiazole rings is 1. The smallest absolute Gasteiger partial charge is 0.246 e. The van der Waals surface area contributed by atoms with E-state index in [1.54, 1.807) is 37.7 Å². The number of nitrogens with zero attached hydrogens (tertiary/aromatic N) is 3. The molecule has 0 saturated carbocycles. The van der Waals surface area contributed by atoms with Crippen molar-refractivity contribution < 1.29 is 14.3 Å². The number of ether oxygens (including phenoxy) is 2. The number of carbonyl (C=O) groups is 1. The summed E-state index contributed by atoms with van der Waals surface area (Å²) in [5.41, 5.74) is 0.816. The fourth-order valence-corrected chi connectivity index (χ4v) is 3.50. The minimum atomic E-state index is 0.00339. The van der Waals surface area contributed by atoms with Gasteiger partial charge in [-0.3, -0.25) is 4.79 Å². The van der Waals surface area contributed by atoms with Crippen molar-refractivity contribution in [3.63, 3.8) is 0 Å². The maximum absolute atomic E-state index is 12.5. The lowest BCUT2D eigenvalue weighted by molar-refractivity contribution is -0.126. The van der Waals surface area contributed by atoms with Crippen molar-refractivity contribution in [1.29, 1.82) is 0 Å². The minimum Gasteiger partial charge on any atom is -0.493 e. The Morgan fingerprint density at radius 3 is 2.64 bits per heavy atom. The molecule has 1 aromatic heterocycles. The van der Waals surface area contributed by atoms with Gasteiger partial charge in [-0.15, -0.1) is 11.3 Å². The molecule has 0 aliphatic carbocycles. The molecule has 132 valence electrons. The summed E-state index contributed by atoms with van der Waals surface area (Å²) in [4.78, 5) is 20.8. The molecule has 25 heavy (non-hydrogen) atoms. The predicted octanol–water partition coefficient (Wildman–Crippen LogP) is 2.52. The van der Waals surface area contributed by atoms with E-state index in [0.29, 0.717) is 24.6 Å². The van der Waals surface area contributed by atoms with Crippen LogP contribution in [0, 0.1) is 0 Å². The SMILES string of the molecule is COc1cccc(C=CC(=O)N2CCN(c3nccs3)CC2)c1OC. The van der Waals surface area contributed by atoms with E-state index in [1.165, 1.54) is 0 Å². The van der Waals surface area contributed by atoms with E-state index in [4.69, 9.17) is 9.47 Å². The fraction of sp³-hybridized carbons (Fsp3) is 0.333. The number of aromatic nitrogens is 1. The Balaban J connectivity index is 1.62. The number of benzene rings is 1. The molecule has 3 rings (SSSR count). The third-order valence-electron chi connectivity index (χ3n) is 4.12. The minimum absolute atomic E-state index is 0.00339. The summed E-state index contributed by atoms with van der Waals surface area (Å²) in [7, 11) is 3.19. The van der Waals surface area contributed by atoms with Crippen LogP contribution < -0.4 is 14.4 Å². The van der Waals surface area contributed by atoms with E-state index in [9.17, 15) is 4.79 Å². The first-order chi connectivity index (χ1) is 12.2. The van der Waals surface area contributed by atoms with Crippen LogP contribution in [0.5, 0.6) is 11.5 Å². The molecule has 0 radical (unpaired) electrons. The predicted molar refractivity (Wildman–Crippen MR) is 99.5 cm³/mol. The number of anilines is 1. The Morgan fingerprint density at radius 1 is 1.20 bits per heavy atom. The molecule has 0 bridgehead atoms. The lowest BCUT2D eigenvalue weighted by Gasteiger charge is -2.34. The highest BCUT2D eigenvalue weighted by atomic mass is 32.1. The molecule has 1 aliphatic heterocycles. The number of hydrogen-bond donors (Lipinski definition) is 0. The second kappa shape index (κ2) is 8.02. The molecule has 2 heterocycles. The van der Waals surface area contributed by atoms with Gasteiger partial charge in [-0.2, -0.15) is 0 Å². The van der Waals surface area contributed by atoms with Crippen LogP contribution in [-0.4, -0.2) is 56.2 Å². The first kappa shape index (κ1) is 17.3. The number of para-hydroxylation sites is 1. The van der Waals surface area contributed by atoms with Crippen LogP contribution in [0.4, 0.5) is 5.13 Å². The van der Waals surface area contributed by atoms with Gasteiger partial charge >= 0.3 is 0 Å².